The first-order valence-electron chi connectivity index (χ1n) is 11.0. The van der Waals surface area contributed by atoms with E-state index >= 15 is 0 Å². The molecule has 0 saturated heterocycles. The van der Waals surface area contributed by atoms with Crippen LogP contribution in [0.15, 0.2) is 54.9 Å². The van der Waals surface area contributed by atoms with Crippen LogP contribution in [0.5, 0.6) is 0 Å². The lowest BCUT2D eigenvalue weighted by Gasteiger charge is -2.30. The highest BCUT2D eigenvalue weighted by molar-refractivity contribution is 5.92. The predicted octanol–water partition coefficient (Wildman–Crippen LogP) is 5.51. The highest BCUT2D eigenvalue weighted by Crippen LogP contribution is 2.33. The van der Waals surface area contributed by atoms with E-state index in [4.69, 9.17) is 5.41 Å². The van der Waals surface area contributed by atoms with E-state index in [-0.39, 0.29) is 17.9 Å². The van der Waals surface area contributed by atoms with Gasteiger partial charge in [0.05, 0.1) is 11.9 Å². The van der Waals surface area contributed by atoms with Crippen molar-refractivity contribution in [1.82, 2.24) is 15.3 Å². The van der Waals surface area contributed by atoms with Gasteiger partial charge in [0.1, 0.15) is 11.6 Å². The van der Waals surface area contributed by atoms with Gasteiger partial charge in [0.2, 0.25) is 0 Å². The maximum Gasteiger partial charge on any atom is 0.320 e. The van der Waals surface area contributed by atoms with E-state index in [9.17, 15) is 9.18 Å². The van der Waals surface area contributed by atoms with Crippen molar-refractivity contribution in [1.29, 1.82) is 5.41 Å². The van der Waals surface area contributed by atoms with Crippen molar-refractivity contribution in [2.75, 3.05) is 10.6 Å². The van der Waals surface area contributed by atoms with Crippen LogP contribution in [-0.4, -0.2) is 28.3 Å². The summed E-state index contributed by atoms with van der Waals surface area (Å²) < 4.78 is 13.2. The summed E-state index contributed by atoms with van der Waals surface area (Å²) in [5.41, 5.74) is 4.09. The fourth-order valence-corrected chi connectivity index (χ4v) is 4.24. The molecule has 4 rings (SSSR count). The summed E-state index contributed by atoms with van der Waals surface area (Å²) in [5, 5.41) is 16.8. The molecule has 1 aliphatic rings. The summed E-state index contributed by atoms with van der Waals surface area (Å²) >= 11 is 0. The van der Waals surface area contributed by atoms with Crippen LogP contribution in [0.25, 0.3) is 0 Å². The number of hydrogen-bond acceptors (Lipinski definition) is 5. The van der Waals surface area contributed by atoms with E-state index in [1.54, 1.807) is 18.5 Å². The van der Waals surface area contributed by atoms with Crippen molar-refractivity contribution in [2.24, 2.45) is 0 Å². The molecular formula is C25H27FN6O. The number of aryl methyl sites for hydroxylation is 1. The fraction of sp³-hybridized carbons (Fsp3) is 0.280. The zero-order valence-electron chi connectivity index (χ0n) is 18.4. The van der Waals surface area contributed by atoms with Crippen molar-refractivity contribution >= 4 is 29.4 Å². The van der Waals surface area contributed by atoms with Crippen LogP contribution in [0.2, 0.25) is 0 Å². The third kappa shape index (κ3) is 5.91. The van der Waals surface area contributed by atoms with Gasteiger partial charge in [-0.15, -0.1) is 0 Å². The van der Waals surface area contributed by atoms with Gasteiger partial charge in [-0.2, -0.15) is 0 Å². The molecule has 0 spiro atoms. The minimum Gasteiger partial charge on any atom is -0.354 e. The molecule has 1 saturated carbocycles. The van der Waals surface area contributed by atoms with Gasteiger partial charge < -0.3 is 16.0 Å². The fourth-order valence-electron chi connectivity index (χ4n) is 4.24. The molecule has 8 heteroatoms. The number of aromatic nitrogens is 2. The molecule has 170 valence electrons. The SMILES string of the molecule is Cc1cc(Nc2cnc(NC(=O)NC3CCCC(c4ccc(F)cc4)C3)cc2C=N)ccn1. The van der Waals surface area contributed by atoms with Crippen LogP contribution in [0.3, 0.4) is 0 Å². The molecule has 2 heterocycles. The molecule has 0 bridgehead atoms. The average molecular weight is 447 g/mol. The molecule has 1 aromatic carbocycles. The maximum absolute atomic E-state index is 13.2. The summed E-state index contributed by atoms with van der Waals surface area (Å²) in [5.74, 6) is 0.431. The lowest BCUT2D eigenvalue weighted by atomic mass is 9.81. The normalized spacial score (nSPS) is 17.8. The van der Waals surface area contributed by atoms with Gasteiger partial charge in [0.25, 0.3) is 0 Å². The van der Waals surface area contributed by atoms with Crippen molar-refractivity contribution in [3.05, 3.63) is 77.5 Å². The molecular weight excluding hydrogens is 419 g/mol. The monoisotopic (exact) mass is 446 g/mol. The summed E-state index contributed by atoms with van der Waals surface area (Å²) in [6.07, 6.45) is 8.26. The number of rotatable bonds is 6. The highest BCUT2D eigenvalue weighted by atomic mass is 19.1. The Bertz CT molecular complexity index is 1130. The molecule has 0 radical (unpaired) electrons. The molecule has 2 atom stereocenters. The lowest BCUT2D eigenvalue weighted by molar-refractivity contribution is 0.242. The minimum absolute atomic E-state index is 0.0341. The second-order valence-electron chi connectivity index (χ2n) is 8.32. The Morgan fingerprint density at radius 1 is 1.15 bits per heavy atom. The molecule has 1 aliphatic carbocycles. The van der Waals surface area contributed by atoms with Crippen LogP contribution in [0.4, 0.5) is 26.4 Å². The first kappa shape index (κ1) is 22.4. The number of carbonyl (C=O) groups excluding carboxylic acids is 1. The van der Waals surface area contributed by atoms with E-state index in [1.165, 1.54) is 18.3 Å². The minimum atomic E-state index is -0.325. The Morgan fingerprint density at radius 3 is 2.73 bits per heavy atom. The Labute approximate surface area is 192 Å². The molecule has 4 N–H and O–H groups in total. The van der Waals surface area contributed by atoms with E-state index in [1.807, 2.05) is 31.2 Å². The first-order chi connectivity index (χ1) is 16.0. The highest BCUT2D eigenvalue weighted by Gasteiger charge is 2.24. The lowest BCUT2D eigenvalue weighted by Crippen LogP contribution is -2.40. The number of amides is 2. The van der Waals surface area contributed by atoms with Gasteiger partial charge in [0.15, 0.2) is 0 Å². The molecule has 2 unspecified atom stereocenters. The number of halogens is 1. The number of anilines is 3. The molecule has 33 heavy (non-hydrogen) atoms. The van der Waals surface area contributed by atoms with Gasteiger partial charge in [-0.3, -0.25) is 10.3 Å². The Kier molecular flexibility index (Phi) is 6.92. The molecule has 2 aromatic heterocycles. The van der Waals surface area contributed by atoms with Gasteiger partial charge in [-0.05, 0) is 68.0 Å². The standard InChI is InChI=1S/C25H27FN6O/c1-16-11-22(9-10-28-16)30-23-15-29-24(13-19(23)14-27)32-25(33)31-21-4-2-3-18(12-21)17-5-7-20(26)8-6-17/h5-11,13-15,18,21,27H,2-4,12H2,1H3,(H,28,30)(H2,29,31,32,33). The second kappa shape index (κ2) is 10.2. The third-order valence-corrected chi connectivity index (χ3v) is 5.86. The Balaban J connectivity index is 1.36. The topological polar surface area (TPSA) is 103 Å². The Morgan fingerprint density at radius 2 is 1.97 bits per heavy atom. The van der Waals surface area contributed by atoms with Crippen LogP contribution in [0, 0.1) is 18.2 Å². The summed E-state index contributed by atoms with van der Waals surface area (Å²) in [6, 6.07) is 11.7. The first-order valence-corrected chi connectivity index (χ1v) is 11.0. The number of nitrogens with zero attached hydrogens (tertiary/aromatic N) is 2. The van der Waals surface area contributed by atoms with E-state index in [0.29, 0.717) is 23.0 Å². The van der Waals surface area contributed by atoms with Gasteiger partial charge in [0, 0.05) is 35.4 Å². The van der Waals surface area contributed by atoms with Crippen molar-refractivity contribution in [3.8, 4) is 0 Å². The Hall–Kier alpha value is -3.81. The molecule has 7 nitrogen and oxygen atoms in total. The quantitative estimate of drug-likeness (QED) is 0.375. The predicted molar refractivity (Wildman–Crippen MR) is 128 cm³/mol. The number of pyridine rings is 2. The smallest absolute Gasteiger partial charge is 0.320 e. The van der Waals surface area contributed by atoms with Crippen LogP contribution >= 0.6 is 0 Å². The number of benzene rings is 1. The number of urea groups is 1. The van der Waals surface area contributed by atoms with Gasteiger partial charge >= 0.3 is 6.03 Å². The van der Waals surface area contributed by atoms with E-state index in [2.05, 4.69) is 25.9 Å². The average Bonchev–Trinajstić information content (AvgIpc) is 2.80. The van der Waals surface area contributed by atoms with Crippen molar-refractivity contribution in [3.63, 3.8) is 0 Å². The van der Waals surface area contributed by atoms with Crippen LogP contribution < -0.4 is 16.0 Å². The van der Waals surface area contributed by atoms with Gasteiger partial charge in [-0.25, -0.2) is 14.2 Å². The molecule has 0 aliphatic heterocycles. The van der Waals surface area contributed by atoms with E-state index < -0.39 is 0 Å². The summed E-state index contributed by atoms with van der Waals surface area (Å²) in [4.78, 5) is 21.1. The van der Waals surface area contributed by atoms with Crippen LogP contribution in [0.1, 0.15) is 48.4 Å². The second-order valence-corrected chi connectivity index (χ2v) is 8.32. The molecule has 3 aromatic rings. The van der Waals surface area contributed by atoms with Crippen molar-refractivity contribution in [2.45, 2.75) is 44.6 Å². The van der Waals surface area contributed by atoms with E-state index in [0.717, 1.165) is 42.6 Å². The maximum atomic E-state index is 13.2. The number of carbonyl (C=O) groups is 1. The van der Waals surface area contributed by atoms with Gasteiger partial charge in [-0.1, -0.05) is 18.6 Å². The zero-order valence-corrected chi connectivity index (χ0v) is 18.4. The van der Waals surface area contributed by atoms with Crippen LogP contribution in [-0.2, 0) is 0 Å². The largest absolute Gasteiger partial charge is 0.354 e. The van der Waals surface area contributed by atoms with Crippen molar-refractivity contribution < 1.29 is 9.18 Å². The summed E-state index contributed by atoms with van der Waals surface area (Å²) in [7, 11) is 0. The molecule has 2 amide bonds. The third-order valence-electron chi connectivity index (χ3n) is 5.86. The number of hydrogen-bond donors (Lipinski definition) is 4. The molecule has 1 fully saturated rings. The number of nitrogens with one attached hydrogen (secondary N) is 4. The summed E-state index contributed by atoms with van der Waals surface area (Å²) in [6.45, 7) is 1.90. The zero-order chi connectivity index (χ0) is 23.2.